The van der Waals surface area contributed by atoms with Gasteiger partial charge in [0, 0.05) is 6.04 Å². The zero-order chi connectivity index (χ0) is 14.5. The Morgan fingerprint density at radius 2 is 2.00 bits per heavy atom. The quantitative estimate of drug-likeness (QED) is 0.784. The van der Waals surface area contributed by atoms with Gasteiger partial charge in [0.05, 0.1) is 11.5 Å². The van der Waals surface area contributed by atoms with Crippen LogP contribution in [-0.4, -0.2) is 21.1 Å². The smallest absolute Gasteiger partial charge is 0.240 e. The van der Waals surface area contributed by atoms with E-state index in [2.05, 4.69) is 11.6 Å². The van der Waals surface area contributed by atoms with Gasteiger partial charge in [0.2, 0.25) is 10.0 Å². The molecule has 0 unspecified atom stereocenters. The number of nitrogens with one attached hydrogen (secondary N) is 1. The van der Waals surface area contributed by atoms with Gasteiger partial charge < -0.3 is 4.74 Å². The van der Waals surface area contributed by atoms with Crippen LogP contribution in [0.4, 0.5) is 0 Å². The Labute approximate surface area is 116 Å². The predicted octanol–water partition coefficient (Wildman–Crippen LogP) is 2.86. The lowest BCUT2D eigenvalue weighted by Crippen LogP contribution is -2.30. The van der Waals surface area contributed by atoms with Gasteiger partial charge in [0.1, 0.15) is 5.75 Å². The van der Waals surface area contributed by atoms with E-state index in [1.165, 1.54) is 0 Å². The third-order valence-electron chi connectivity index (χ3n) is 2.60. The summed E-state index contributed by atoms with van der Waals surface area (Å²) in [6, 6.07) is 4.83. The molecule has 1 N–H and O–H groups in total. The Morgan fingerprint density at radius 1 is 1.32 bits per heavy atom. The van der Waals surface area contributed by atoms with E-state index in [1.807, 2.05) is 6.92 Å². The van der Waals surface area contributed by atoms with Gasteiger partial charge in [-0.2, -0.15) is 0 Å². The van der Waals surface area contributed by atoms with E-state index < -0.39 is 10.0 Å². The number of hydrogen-bond acceptors (Lipinski definition) is 3. The Bertz CT molecular complexity index is 509. The first-order valence-corrected chi connectivity index (χ1v) is 8.11. The fourth-order valence-corrected chi connectivity index (χ4v) is 2.99. The van der Waals surface area contributed by atoms with Crippen LogP contribution in [0.25, 0.3) is 0 Å². The van der Waals surface area contributed by atoms with E-state index in [-0.39, 0.29) is 10.9 Å². The number of rotatable bonds is 7. The zero-order valence-corrected chi connectivity index (χ0v) is 12.9. The number of ether oxygens (including phenoxy) is 1. The van der Waals surface area contributed by atoms with Crippen molar-refractivity contribution in [1.29, 1.82) is 0 Å². The molecule has 0 saturated carbocycles. The molecule has 0 saturated heterocycles. The summed E-state index contributed by atoms with van der Waals surface area (Å²) in [5.74, 6) is 0.747. The van der Waals surface area contributed by atoms with Gasteiger partial charge in [-0.3, -0.25) is 0 Å². The minimum absolute atomic E-state index is 0.120. The molecule has 0 spiro atoms. The van der Waals surface area contributed by atoms with Crippen LogP contribution < -0.4 is 9.46 Å². The molecule has 108 valence electrons. The third kappa shape index (κ3) is 4.84. The molecule has 0 heterocycles. The van der Waals surface area contributed by atoms with Crippen molar-refractivity contribution in [2.75, 3.05) is 6.61 Å². The summed E-state index contributed by atoms with van der Waals surface area (Å²) < 4.78 is 32.2. The van der Waals surface area contributed by atoms with Crippen LogP contribution in [0.2, 0.25) is 0 Å². The molecular weight excluding hydrogens is 262 g/mol. The van der Waals surface area contributed by atoms with Crippen molar-refractivity contribution in [3.63, 3.8) is 0 Å². The molecule has 1 aromatic rings. The first-order chi connectivity index (χ1) is 8.86. The summed E-state index contributed by atoms with van der Waals surface area (Å²) in [6.45, 7) is 8.21. The van der Waals surface area contributed by atoms with Crippen molar-refractivity contribution in [3.8, 4) is 5.75 Å². The Morgan fingerprint density at radius 3 is 2.53 bits per heavy atom. The van der Waals surface area contributed by atoms with Gasteiger partial charge >= 0.3 is 0 Å². The highest BCUT2D eigenvalue weighted by molar-refractivity contribution is 7.89. The second kappa shape index (κ2) is 6.91. The molecule has 0 bridgehead atoms. The number of sulfonamides is 1. The zero-order valence-electron chi connectivity index (χ0n) is 12.1. The Kier molecular flexibility index (Phi) is 5.82. The van der Waals surface area contributed by atoms with Gasteiger partial charge in [0.25, 0.3) is 0 Å². The first kappa shape index (κ1) is 16.0. The Hall–Kier alpha value is -1.07. The van der Waals surface area contributed by atoms with Gasteiger partial charge in [-0.05, 0) is 51.0 Å². The average Bonchev–Trinajstić information content (AvgIpc) is 2.29. The third-order valence-corrected chi connectivity index (χ3v) is 4.26. The maximum Gasteiger partial charge on any atom is 0.240 e. The fourth-order valence-electron chi connectivity index (χ4n) is 1.66. The summed E-state index contributed by atoms with van der Waals surface area (Å²) >= 11 is 0. The maximum atomic E-state index is 12.0. The van der Waals surface area contributed by atoms with Crippen LogP contribution in [-0.2, 0) is 10.0 Å². The van der Waals surface area contributed by atoms with Gasteiger partial charge in [0.15, 0.2) is 0 Å². The second-order valence-corrected chi connectivity index (χ2v) is 6.62. The molecule has 0 radical (unpaired) electrons. The van der Waals surface area contributed by atoms with Crippen LogP contribution in [0.3, 0.4) is 0 Å². The van der Waals surface area contributed by atoms with Gasteiger partial charge in [-0.1, -0.05) is 13.3 Å². The molecule has 1 rings (SSSR count). The average molecular weight is 285 g/mol. The second-order valence-electron chi connectivity index (χ2n) is 4.91. The van der Waals surface area contributed by atoms with Gasteiger partial charge in [-0.25, -0.2) is 13.1 Å². The summed E-state index contributed by atoms with van der Waals surface area (Å²) in [7, 11) is -3.43. The molecule has 0 fully saturated rings. The van der Waals surface area contributed by atoms with E-state index in [1.54, 1.807) is 32.0 Å². The molecule has 0 aromatic heterocycles. The highest BCUT2D eigenvalue weighted by atomic mass is 32.2. The highest BCUT2D eigenvalue weighted by Crippen LogP contribution is 2.22. The molecule has 0 aliphatic carbocycles. The SMILES string of the molecule is CCCCOc1ccc(S(=O)(=O)NC(C)C)cc1C. The Balaban J connectivity index is 2.87. The summed E-state index contributed by atoms with van der Waals surface area (Å²) in [5, 5.41) is 0. The van der Waals surface area contributed by atoms with Crippen molar-refractivity contribution in [2.45, 2.75) is 51.5 Å². The molecule has 0 amide bonds. The number of aryl methyl sites for hydroxylation is 1. The number of unbranched alkanes of at least 4 members (excludes halogenated alkanes) is 1. The molecule has 0 aliphatic rings. The van der Waals surface area contributed by atoms with E-state index in [4.69, 9.17) is 4.74 Å². The maximum absolute atomic E-state index is 12.0. The van der Waals surface area contributed by atoms with Crippen LogP contribution in [0.15, 0.2) is 23.1 Å². The van der Waals surface area contributed by atoms with E-state index >= 15 is 0 Å². The number of benzene rings is 1. The largest absolute Gasteiger partial charge is 0.493 e. The molecule has 0 atom stereocenters. The van der Waals surface area contributed by atoms with Crippen molar-refractivity contribution in [3.05, 3.63) is 23.8 Å². The van der Waals surface area contributed by atoms with Gasteiger partial charge in [-0.15, -0.1) is 0 Å². The van der Waals surface area contributed by atoms with E-state index in [0.717, 1.165) is 24.2 Å². The first-order valence-electron chi connectivity index (χ1n) is 6.62. The minimum atomic E-state index is -3.43. The van der Waals surface area contributed by atoms with Crippen molar-refractivity contribution < 1.29 is 13.2 Å². The molecule has 19 heavy (non-hydrogen) atoms. The monoisotopic (exact) mass is 285 g/mol. The normalized spacial score (nSPS) is 11.8. The fraction of sp³-hybridized carbons (Fsp3) is 0.571. The van der Waals surface area contributed by atoms with Crippen LogP contribution >= 0.6 is 0 Å². The number of hydrogen-bond donors (Lipinski definition) is 1. The lowest BCUT2D eigenvalue weighted by molar-refractivity contribution is 0.307. The predicted molar refractivity (Wildman–Crippen MR) is 77.0 cm³/mol. The van der Waals surface area contributed by atoms with E-state index in [9.17, 15) is 8.42 Å². The van der Waals surface area contributed by atoms with Crippen molar-refractivity contribution in [2.24, 2.45) is 0 Å². The molecule has 0 aliphatic heterocycles. The highest BCUT2D eigenvalue weighted by Gasteiger charge is 2.16. The summed E-state index contributed by atoms with van der Waals surface area (Å²) in [6.07, 6.45) is 2.07. The summed E-state index contributed by atoms with van der Waals surface area (Å²) in [4.78, 5) is 0.279. The van der Waals surface area contributed by atoms with Crippen molar-refractivity contribution in [1.82, 2.24) is 4.72 Å². The standard InChI is InChI=1S/C14H23NO3S/c1-5-6-9-18-14-8-7-13(10-12(14)4)19(16,17)15-11(2)3/h7-8,10-11,15H,5-6,9H2,1-4H3. The lowest BCUT2D eigenvalue weighted by atomic mass is 10.2. The minimum Gasteiger partial charge on any atom is -0.493 e. The van der Waals surface area contributed by atoms with Crippen LogP contribution in [0.5, 0.6) is 5.75 Å². The molecule has 5 heteroatoms. The van der Waals surface area contributed by atoms with E-state index in [0.29, 0.717) is 6.61 Å². The molecule has 4 nitrogen and oxygen atoms in total. The van der Waals surface area contributed by atoms with Crippen LogP contribution in [0.1, 0.15) is 39.2 Å². The van der Waals surface area contributed by atoms with Crippen LogP contribution in [0, 0.1) is 6.92 Å². The topological polar surface area (TPSA) is 55.4 Å². The van der Waals surface area contributed by atoms with Crippen molar-refractivity contribution >= 4 is 10.0 Å². The lowest BCUT2D eigenvalue weighted by Gasteiger charge is -2.12. The molecule has 1 aromatic carbocycles. The molecular formula is C14H23NO3S. The summed E-state index contributed by atoms with van der Waals surface area (Å²) in [5.41, 5.74) is 0.836.